The van der Waals surface area contributed by atoms with Crippen molar-refractivity contribution in [3.05, 3.63) is 33.8 Å². The Morgan fingerprint density at radius 2 is 1.91 bits per heavy atom. The van der Waals surface area contributed by atoms with Crippen LogP contribution in [0.3, 0.4) is 0 Å². The molecule has 1 N–H and O–H groups in total. The van der Waals surface area contributed by atoms with Gasteiger partial charge in [0.15, 0.2) is 0 Å². The smallest absolute Gasteiger partial charge is 0.410 e. The fourth-order valence-corrected chi connectivity index (χ4v) is 2.23. The monoisotopic (exact) mass is 347 g/mol. The van der Waals surface area contributed by atoms with Gasteiger partial charge in [-0.25, -0.2) is 9.59 Å². The lowest BCUT2D eigenvalue weighted by atomic mass is 10.1. The number of aliphatic carboxylic acids is 1. The third-order valence-electron chi connectivity index (χ3n) is 2.86. The Labute approximate surface area is 139 Å². The predicted molar refractivity (Wildman–Crippen MR) is 85.6 cm³/mol. The predicted octanol–water partition coefficient (Wildman–Crippen LogP) is 3.86. The zero-order valence-corrected chi connectivity index (χ0v) is 14.4. The van der Waals surface area contributed by atoms with Crippen LogP contribution in [0.2, 0.25) is 10.0 Å². The summed E-state index contributed by atoms with van der Waals surface area (Å²) in [4.78, 5) is 24.5. The maximum atomic E-state index is 12.0. The third-order valence-corrected chi connectivity index (χ3v) is 3.45. The number of carbonyl (C=O) groups excluding carboxylic acids is 1. The van der Waals surface area contributed by atoms with Crippen molar-refractivity contribution in [2.24, 2.45) is 0 Å². The summed E-state index contributed by atoms with van der Waals surface area (Å²) in [5, 5.41) is 10.2. The highest BCUT2D eigenvalue weighted by molar-refractivity contribution is 6.35. The maximum absolute atomic E-state index is 12.0. The second-order valence-electron chi connectivity index (χ2n) is 5.89. The lowest BCUT2D eigenvalue weighted by molar-refractivity contribution is -0.142. The Balaban J connectivity index is 2.94. The van der Waals surface area contributed by atoms with Gasteiger partial charge in [0.2, 0.25) is 0 Å². The van der Waals surface area contributed by atoms with E-state index in [0.29, 0.717) is 15.6 Å². The lowest BCUT2D eigenvalue weighted by Gasteiger charge is -2.28. The van der Waals surface area contributed by atoms with E-state index in [-0.39, 0.29) is 6.42 Å². The number of amides is 1. The molecule has 0 aliphatic carbocycles. The van der Waals surface area contributed by atoms with Gasteiger partial charge >= 0.3 is 12.1 Å². The van der Waals surface area contributed by atoms with Crippen LogP contribution in [0, 0.1) is 0 Å². The number of hydrogen-bond acceptors (Lipinski definition) is 3. The Hall–Kier alpha value is -1.46. The van der Waals surface area contributed by atoms with Crippen LogP contribution in [-0.2, 0) is 16.0 Å². The summed E-state index contributed by atoms with van der Waals surface area (Å²) in [7, 11) is 1.39. The van der Waals surface area contributed by atoms with Crippen LogP contribution in [0.5, 0.6) is 0 Å². The van der Waals surface area contributed by atoms with Gasteiger partial charge in [0.25, 0.3) is 0 Å². The first kappa shape index (κ1) is 18.6. The van der Waals surface area contributed by atoms with Crippen molar-refractivity contribution < 1.29 is 19.4 Å². The second kappa shape index (κ2) is 7.20. The number of carbonyl (C=O) groups is 2. The molecule has 1 amide bonds. The molecule has 0 heterocycles. The van der Waals surface area contributed by atoms with Gasteiger partial charge in [-0.3, -0.25) is 4.90 Å². The standard InChI is InChI=1S/C15H19Cl2NO4/c1-15(2,3)22-14(21)18(4)12(13(19)20)7-9-5-6-10(16)8-11(9)17/h5-6,8,12H,7H2,1-4H3,(H,19,20)/t12-/m1/s1. The molecule has 0 aliphatic rings. The zero-order valence-electron chi connectivity index (χ0n) is 12.9. The van der Waals surface area contributed by atoms with Crippen molar-refractivity contribution in [2.45, 2.75) is 38.8 Å². The van der Waals surface area contributed by atoms with E-state index in [2.05, 4.69) is 0 Å². The van der Waals surface area contributed by atoms with Gasteiger partial charge in [-0.15, -0.1) is 0 Å². The van der Waals surface area contributed by atoms with E-state index in [1.165, 1.54) is 13.1 Å². The van der Waals surface area contributed by atoms with Gasteiger partial charge in [-0.1, -0.05) is 29.3 Å². The quantitative estimate of drug-likeness (QED) is 0.897. The average Bonchev–Trinajstić information content (AvgIpc) is 2.34. The summed E-state index contributed by atoms with van der Waals surface area (Å²) < 4.78 is 5.19. The van der Waals surface area contributed by atoms with Crippen molar-refractivity contribution in [3.63, 3.8) is 0 Å². The third kappa shape index (κ3) is 5.39. The Morgan fingerprint density at radius 3 is 2.36 bits per heavy atom. The van der Waals surface area contributed by atoms with Crippen LogP contribution in [0.1, 0.15) is 26.3 Å². The minimum absolute atomic E-state index is 0.0566. The van der Waals surface area contributed by atoms with E-state index in [1.807, 2.05) is 0 Å². The molecule has 5 nitrogen and oxygen atoms in total. The topological polar surface area (TPSA) is 66.8 Å². The molecule has 0 spiro atoms. The van der Waals surface area contributed by atoms with Crippen LogP contribution in [-0.4, -0.2) is 40.8 Å². The molecular weight excluding hydrogens is 329 g/mol. The maximum Gasteiger partial charge on any atom is 0.410 e. The highest BCUT2D eigenvalue weighted by atomic mass is 35.5. The first-order valence-electron chi connectivity index (χ1n) is 6.64. The summed E-state index contributed by atoms with van der Waals surface area (Å²) in [6.07, 6.45) is -0.647. The molecule has 0 radical (unpaired) electrons. The molecular formula is C15H19Cl2NO4. The molecule has 0 bridgehead atoms. The molecule has 0 unspecified atom stereocenters. The average molecular weight is 348 g/mol. The Bertz CT molecular complexity index is 569. The molecule has 1 aromatic rings. The second-order valence-corrected chi connectivity index (χ2v) is 6.73. The van der Waals surface area contributed by atoms with Crippen LogP contribution in [0.4, 0.5) is 4.79 Å². The van der Waals surface area contributed by atoms with Crippen LogP contribution >= 0.6 is 23.2 Å². The normalized spacial score (nSPS) is 12.6. The fraction of sp³-hybridized carbons (Fsp3) is 0.467. The van der Waals surface area contributed by atoms with E-state index in [0.717, 1.165) is 4.90 Å². The summed E-state index contributed by atoms with van der Waals surface area (Å²) in [6, 6.07) is 3.71. The van der Waals surface area contributed by atoms with Crippen molar-refractivity contribution in [3.8, 4) is 0 Å². The number of ether oxygens (including phenoxy) is 1. The van der Waals surface area contributed by atoms with E-state index in [4.69, 9.17) is 27.9 Å². The lowest BCUT2D eigenvalue weighted by Crippen LogP contribution is -2.46. The molecule has 1 rings (SSSR count). The first-order valence-corrected chi connectivity index (χ1v) is 7.39. The number of rotatable bonds is 4. The largest absolute Gasteiger partial charge is 0.480 e. The van der Waals surface area contributed by atoms with Crippen molar-refractivity contribution in [2.75, 3.05) is 7.05 Å². The summed E-state index contributed by atoms with van der Waals surface area (Å²) >= 11 is 11.9. The Morgan fingerprint density at radius 1 is 1.32 bits per heavy atom. The van der Waals surface area contributed by atoms with E-state index in [1.54, 1.807) is 32.9 Å². The molecule has 0 aliphatic heterocycles. The fourth-order valence-electron chi connectivity index (χ4n) is 1.75. The van der Waals surface area contributed by atoms with Gasteiger partial charge < -0.3 is 9.84 Å². The number of carboxylic acids is 1. The molecule has 0 aromatic heterocycles. The minimum Gasteiger partial charge on any atom is -0.480 e. The van der Waals surface area contributed by atoms with E-state index < -0.39 is 23.7 Å². The van der Waals surface area contributed by atoms with E-state index >= 15 is 0 Å². The van der Waals surface area contributed by atoms with Crippen molar-refractivity contribution in [1.82, 2.24) is 4.90 Å². The number of likely N-dealkylation sites (N-methyl/N-ethyl adjacent to an activating group) is 1. The molecule has 0 saturated heterocycles. The highest BCUT2D eigenvalue weighted by Gasteiger charge is 2.30. The highest BCUT2D eigenvalue weighted by Crippen LogP contribution is 2.23. The van der Waals surface area contributed by atoms with Gasteiger partial charge in [-0.05, 0) is 38.5 Å². The summed E-state index contributed by atoms with van der Waals surface area (Å²) in [6.45, 7) is 5.14. The van der Waals surface area contributed by atoms with Crippen LogP contribution < -0.4 is 0 Å². The molecule has 0 fully saturated rings. The molecule has 7 heteroatoms. The zero-order chi connectivity index (χ0) is 17.1. The van der Waals surface area contributed by atoms with Crippen LogP contribution in [0.25, 0.3) is 0 Å². The molecule has 122 valence electrons. The van der Waals surface area contributed by atoms with Gasteiger partial charge in [0.05, 0.1) is 0 Å². The Kier molecular flexibility index (Phi) is 6.08. The van der Waals surface area contributed by atoms with Crippen molar-refractivity contribution >= 4 is 35.3 Å². The van der Waals surface area contributed by atoms with Gasteiger partial charge in [-0.2, -0.15) is 0 Å². The molecule has 0 saturated carbocycles. The number of nitrogens with zero attached hydrogens (tertiary/aromatic N) is 1. The molecule has 1 atom stereocenters. The number of carboxylic acid groups (broad SMARTS) is 1. The SMILES string of the molecule is CN(C(=O)OC(C)(C)C)[C@H](Cc1ccc(Cl)cc1Cl)C(=O)O. The molecule has 1 aromatic carbocycles. The number of benzene rings is 1. The van der Waals surface area contributed by atoms with Crippen LogP contribution in [0.15, 0.2) is 18.2 Å². The molecule has 22 heavy (non-hydrogen) atoms. The van der Waals surface area contributed by atoms with E-state index in [9.17, 15) is 14.7 Å². The summed E-state index contributed by atoms with van der Waals surface area (Å²) in [5.41, 5.74) is -0.111. The van der Waals surface area contributed by atoms with Gasteiger partial charge in [0.1, 0.15) is 11.6 Å². The summed E-state index contributed by atoms with van der Waals surface area (Å²) in [5.74, 6) is -1.14. The minimum atomic E-state index is -1.14. The number of hydrogen-bond donors (Lipinski definition) is 1. The van der Waals surface area contributed by atoms with Gasteiger partial charge in [0, 0.05) is 23.5 Å². The number of halogens is 2. The first-order chi connectivity index (χ1) is 10.0. The van der Waals surface area contributed by atoms with Crippen molar-refractivity contribution in [1.29, 1.82) is 0 Å².